The molecular formula is C28H24Cl2O8. The zero-order valence-electron chi connectivity index (χ0n) is 20.5. The highest BCUT2D eigenvalue weighted by Gasteiger charge is 2.15. The summed E-state index contributed by atoms with van der Waals surface area (Å²) in [5, 5.41) is -0.607. The number of carbonyl (C=O) groups is 4. The molecule has 0 amide bonds. The van der Waals surface area contributed by atoms with Crippen molar-refractivity contribution in [1.29, 1.82) is 0 Å². The maximum Gasteiger partial charge on any atom is 0.343 e. The molecule has 8 nitrogen and oxygen atoms in total. The molecule has 0 saturated carbocycles. The summed E-state index contributed by atoms with van der Waals surface area (Å²) in [6.07, 6.45) is 0. The minimum atomic E-state index is -0.651. The van der Waals surface area contributed by atoms with Gasteiger partial charge in [-0.15, -0.1) is 23.2 Å². The Labute approximate surface area is 229 Å². The summed E-state index contributed by atoms with van der Waals surface area (Å²) in [7, 11) is 0. The SMILES string of the molecule is CC(Cl)COC(=O)c1ccc(OC(=O)c2ccc(C(=O)Oc3ccc(C(=O)OCC(C)Cl)cc3)cc2)cc1. The van der Waals surface area contributed by atoms with Crippen molar-refractivity contribution in [3.05, 3.63) is 95.1 Å². The smallest absolute Gasteiger partial charge is 0.343 e. The Bertz CT molecular complexity index is 1170. The summed E-state index contributed by atoms with van der Waals surface area (Å²) in [5.41, 5.74) is 0.992. The van der Waals surface area contributed by atoms with Gasteiger partial charge in [-0.05, 0) is 86.6 Å². The normalized spacial score (nSPS) is 12.1. The molecule has 2 unspecified atom stereocenters. The van der Waals surface area contributed by atoms with Gasteiger partial charge in [0.2, 0.25) is 0 Å². The van der Waals surface area contributed by atoms with Crippen LogP contribution in [-0.4, -0.2) is 47.8 Å². The number of hydrogen-bond acceptors (Lipinski definition) is 8. The average Bonchev–Trinajstić information content (AvgIpc) is 2.91. The maximum absolute atomic E-state index is 12.5. The van der Waals surface area contributed by atoms with Gasteiger partial charge in [0.15, 0.2) is 0 Å². The topological polar surface area (TPSA) is 105 Å². The van der Waals surface area contributed by atoms with E-state index in [1.165, 1.54) is 72.8 Å². The fraction of sp³-hybridized carbons (Fsp3) is 0.214. The van der Waals surface area contributed by atoms with E-state index in [0.29, 0.717) is 11.1 Å². The molecule has 0 aliphatic heterocycles. The standard InChI is InChI=1S/C28H24Cl2O8/c1-17(29)15-35-25(31)19-7-11-23(12-8-19)37-27(33)21-3-5-22(6-4-21)28(34)38-24-13-9-20(10-14-24)26(32)36-16-18(2)30/h3-14,17-18H,15-16H2,1-2H3. The van der Waals surface area contributed by atoms with Crippen molar-refractivity contribution in [2.45, 2.75) is 24.6 Å². The van der Waals surface area contributed by atoms with Gasteiger partial charge in [-0.1, -0.05) is 0 Å². The van der Waals surface area contributed by atoms with Crippen LogP contribution >= 0.6 is 23.2 Å². The third-order valence-electron chi connectivity index (χ3n) is 4.85. The van der Waals surface area contributed by atoms with E-state index < -0.39 is 23.9 Å². The predicted molar refractivity (Wildman–Crippen MR) is 140 cm³/mol. The lowest BCUT2D eigenvalue weighted by Gasteiger charge is -2.08. The van der Waals surface area contributed by atoms with Crippen molar-refractivity contribution in [3.8, 4) is 11.5 Å². The van der Waals surface area contributed by atoms with Crippen molar-refractivity contribution in [1.82, 2.24) is 0 Å². The predicted octanol–water partition coefficient (Wildman–Crippen LogP) is 5.69. The van der Waals surface area contributed by atoms with E-state index in [9.17, 15) is 19.2 Å². The van der Waals surface area contributed by atoms with Gasteiger partial charge in [0, 0.05) is 0 Å². The number of ether oxygens (including phenoxy) is 4. The lowest BCUT2D eigenvalue weighted by molar-refractivity contribution is 0.0499. The van der Waals surface area contributed by atoms with Gasteiger partial charge in [0.05, 0.1) is 33.0 Å². The van der Waals surface area contributed by atoms with Gasteiger partial charge in [0.1, 0.15) is 24.7 Å². The van der Waals surface area contributed by atoms with E-state index in [2.05, 4.69) is 0 Å². The fourth-order valence-corrected chi connectivity index (χ4v) is 3.07. The molecule has 0 saturated heterocycles. The van der Waals surface area contributed by atoms with Crippen molar-refractivity contribution in [2.24, 2.45) is 0 Å². The van der Waals surface area contributed by atoms with Crippen LogP contribution < -0.4 is 9.47 Å². The van der Waals surface area contributed by atoms with E-state index in [1.807, 2.05) is 0 Å². The molecule has 0 N–H and O–H groups in total. The number of esters is 4. The Morgan fingerprint density at radius 2 is 0.789 bits per heavy atom. The van der Waals surface area contributed by atoms with Crippen LogP contribution in [-0.2, 0) is 9.47 Å². The van der Waals surface area contributed by atoms with Crippen molar-refractivity contribution in [2.75, 3.05) is 13.2 Å². The van der Waals surface area contributed by atoms with Gasteiger partial charge in [-0.25, -0.2) is 19.2 Å². The number of halogens is 2. The lowest BCUT2D eigenvalue weighted by atomic mass is 10.1. The summed E-state index contributed by atoms with van der Waals surface area (Å²) in [4.78, 5) is 48.8. The third-order valence-corrected chi connectivity index (χ3v) is 5.10. The summed E-state index contributed by atoms with van der Waals surface area (Å²) in [6.45, 7) is 3.58. The number of alkyl halides is 2. The second kappa shape index (κ2) is 13.6. The van der Waals surface area contributed by atoms with Crippen LogP contribution in [0.4, 0.5) is 0 Å². The van der Waals surface area contributed by atoms with E-state index in [1.54, 1.807) is 13.8 Å². The van der Waals surface area contributed by atoms with E-state index in [4.69, 9.17) is 42.1 Å². The summed E-state index contributed by atoms with van der Waals surface area (Å²) < 4.78 is 20.7. The molecule has 10 heteroatoms. The molecule has 0 aromatic heterocycles. The summed E-state index contributed by atoms with van der Waals surface area (Å²) in [5.74, 6) is -1.92. The first-order chi connectivity index (χ1) is 18.1. The number of hydrogen-bond donors (Lipinski definition) is 0. The molecule has 38 heavy (non-hydrogen) atoms. The van der Waals surface area contributed by atoms with Gasteiger partial charge in [-0.2, -0.15) is 0 Å². The van der Waals surface area contributed by atoms with Crippen LogP contribution in [0.25, 0.3) is 0 Å². The highest BCUT2D eigenvalue weighted by Crippen LogP contribution is 2.18. The molecule has 3 rings (SSSR count). The Morgan fingerprint density at radius 1 is 0.526 bits per heavy atom. The first-order valence-electron chi connectivity index (χ1n) is 11.5. The van der Waals surface area contributed by atoms with Gasteiger partial charge in [0.25, 0.3) is 0 Å². The molecule has 198 valence electrons. The van der Waals surface area contributed by atoms with Gasteiger partial charge < -0.3 is 18.9 Å². The van der Waals surface area contributed by atoms with Crippen molar-refractivity contribution in [3.63, 3.8) is 0 Å². The van der Waals surface area contributed by atoms with Crippen LogP contribution in [0.3, 0.4) is 0 Å². The second-order valence-electron chi connectivity index (χ2n) is 8.16. The van der Waals surface area contributed by atoms with Gasteiger partial charge in [-0.3, -0.25) is 0 Å². The van der Waals surface area contributed by atoms with Crippen LogP contribution in [0.5, 0.6) is 11.5 Å². The largest absolute Gasteiger partial charge is 0.461 e. The molecule has 0 aliphatic rings. The van der Waals surface area contributed by atoms with Crippen LogP contribution in [0.1, 0.15) is 55.3 Å². The molecule has 0 fully saturated rings. The first kappa shape index (κ1) is 28.7. The highest BCUT2D eigenvalue weighted by atomic mass is 35.5. The lowest BCUT2D eigenvalue weighted by Crippen LogP contribution is -2.13. The molecule has 0 aliphatic carbocycles. The van der Waals surface area contributed by atoms with Gasteiger partial charge >= 0.3 is 23.9 Å². The minimum absolute atomic E-state index is 0.0816. The fourth-order valence-electron chi connectivity index (χ4n) is 2.94. The number of carbonyl (C=O) groups excluding carboxylic acids is 4. The molecular weight excluding hydrogens is 535 g/mol. The molecule has 0 bridgehead atoms. The zero-order valence-corrected chi connectivity index (χ0v) is 22.0. The van der Waals surface area contributed by atoms with E-state index in [-0.39, 0.29) is 46.6 Å². The van der Waals surface area contributed by atoms with E-state index in [0.717, 1.165) is 0 Å². The quantitative estimate of drug-likeness (QED) is 0.177. The van der Waals surface area contributed by atoms with Crippen LogP contribution in [0.2, 0.25) is 0 Å². The number of rotatable bonds is 10. The van der Waals surface area contributed by atoms with E-state index >= 15 is 0 Å². The molecule has 2 atom stereocenters. The Kier molecular flexibility index (Phi) is 10.3. The second-order valence-corrected chi connectivity index (χ2v) is 9.65. The molecule has 0 radical (unpaired) electrons. The summed E-state index contributed by atoms with van der Waals surface area (Å²) in [6, 6.07) is 17.5. The van der Waals surface area contributed by atoms with Crippen molar-refractivity contribution >= 4 is 47.1 Å². The molecule has 3 aromatic rings. The molecule has 0 spiro atoms. The molecule has 0 heterocycles. The van der Waals surface area contributed by atoms with Crippen LogP contribution in [0.15, 0.2) is 72.8 Å². The van der Waals surface area contributed by atoms with Crippen molar-refractivity contribution < 1.29 is 38.1 Å². The highest BCUT2D eigenvalue weighted by molar-refractivity contribution is 6.20. The summed E-state index contributed by atoms with van der Waals surface area (Å²) >= 11 is 11.5. The number of benzene rings is 3. The minimum Gasteiger partial charge on any atom is -0.461 e. The molecule has 3 aromatic carbocycles. The maximum atomic E-state index is 12.5. The average molecular weight is 559 g/mol. The third kappa shape index (κ3) is 8.61. The zero-order chi connectivity index (χ0) is 27.7. The monoisotopic (exact) mass is 558 g/mol. The Morgan fingerprint density at radius 3 is 1.08 bits per heavy atom. The van der Waals surface area contributed by atoms with Crippen LogP contribution in [0, 0.1) is 0 Å². The Balaban J connectivity index is 1.54. The Hall–Kier alpha value is -3.88. The first-order valence-corrected chi connectivity index (χ1v) is 12.4.